The number of hydrogen-bond donors (Lipinski definition) is 2. The predicted molar refractivity (Wildman–Crippen MR) is 105 cm³/mol. The topological polar surface area (TPSA) is 94.7 Å². The van der Waals surface area contributed by atoms with Gasteiger partial charge < -0.3 is 9.42 Å². The molecule has 1 atom stereocenters. The first-order valence-corrected chi connectivity index (χ1v) is 10.8. The fourth-order valence-electron chi connectivity index (χ4n) is 4.41. The van der Waals surface area contributed by atoms with Gasteiger partial charge in [0.1, 0.15) is 0 Å². The molecule has 8 heteroatoms. The fraction of sp³-hybridized carbons (Fsp3) is 0.850. The molecule has 2 heterocycles. The zero-order valence-corrected chi connectivity index (χ0v) is 17.1. The molecule has 1 amide bonds. The molecule has 1 aliphatic heterocycles. The zero-order valence-electron chi connectivity index (χ0n) is 17.1. The van der Waals surface area contributed by atoms with Crippen LogP contribution in [0.15, 0.2) is 4.52 Å². The molecule has 8 nitrogen and oxygen atoms in total. The Hall–Kier alpha value is -1.51. The number of aromatic nitrogens is 2. The number of carbonyl (C=O) groups excluding carboxylic acids is 1. The maximum Gasteiger partial charge on any atom is 0.244 e. The van der Waals surface area contributed by atoms with E-state index in [-0.39, 0.29) is 12.3 Å². The molecule has 0 radical (unpaired) electrons. The minimum absolute atomic E-state index is 0.135. The highest BCUT2D eigenvalue weighted by atomic mass is 16.5. The van der Waals surface area contributed by atoms with E-state index in [1.54, 1.807) is 5.48 Å². The minimum Gasteiger partial charge on any atom is -0.339 e. The van der Waals surface area contributed by atoms with Crippen molar-refractivity contribution in [2.24, 2.45) is 5.92 Å². The van der Waals surface area contributed by atoms with Gasteiger partial charge in [0.15, 0.2) is 5.82 Å². The van der Waals surface area contributed by atoms with Crippen molar-refractivity contribution in [3.63, 3.8) is 0 Å². The molecule has 1 aromatic rings. The first-order valence-electron chi connectivity index (χ1n) is 10.8. The first kappa shape index (κ1) is 21.2. The van der Waals surface area contributed by atoms with Crippen molar-refractivity contribution in [1.29, 1.82) is 0 Å². The Kier molecular flexibility index (Phi) is 8.24. The van der Waals surface area contributed by atoms with Gasteiger partial charge in [0, 0.05) is 38.5 Å². The van der Waals surface area contributed by atoms with E-state index in [9.17, 15) is 4.79 Å². The van der Waals surface area contributed by atoms with Crippen LogP contribution in [-0.2, 0) is 11.3 Å². The number of hydrogen-bond acceptors (Lipinski definition) is 7. The van der Waals surface area contributed by atoms with E-state index in [0.717, 1.165) is 44.9 Å². The SMILES string of the molecule is CN1CCN(Cc2noc([C@H](CCCC3CCCCC3)CC(=O)NO)n2)CC1. The summed E-state index contributed by atoms with van der Waals surface area (Å²) < 4.78 is 5.52. The second-order valence-electron chi connectivity index (χ2n) is 8.50. The number of amides is 1. The Morgan fingerprint density at radius 2 is 2.00 bits per heavy atom. The summed E-state index contributed by atoms with van der Waals surface area (Å²) in [6.45, 7) is 4.77. The van der Waals surface area contributed by atoms with Gasteiger partial charge in [-0.2, -0.15) is 4.98 Å². The van der Waals surface area contributed by atoms with Crippen LogP contribution in [0.2, 0.25) is 0 Å². The van der Waals surface area contributed by atoms with Crippen LogP contribution in [0.25, 0.3) is 0 Å². The normalized spacial score (nSPS) is 20.9. The van der Waals surface area contributed by atoms with E-state index in [1.807, 2.05) is 0 Å². The molecule has 1 saturated carbocycles. The fourth-order valence-corrected chi connectivity index (χ4v) is 4.41. The van der Waals surface area contributed by atoms with Crippen LogP contribution in [0.5, 0.6) is 0 Å². The summed E-state index contributed by atoms with van der Waals surface area (Å²) in [6.07, 6.45) is 9.98. The average molecular weight is 394 g/mol. The van der Waals surface area contributed by atoms with Gasteiger partial charge in [-0.1, -0.05) is 50.1 Å². The summed E-state index contributed by atoms with van der Waals surface area (Å²) >= 11 is 0. The Morgan fingerprint density at radius 1 is 1.25 bits per heavy atom. The molecule has 0 aromatic carbocycles. The van der Waals surface area contributed by atoms with Crippen LogP contribution in [0, 0.1) is 5.92 Å². The number of piperazine rings is 1. The maximum atomic E-state index is 11.8. The molecule has 0 bridgehead atoms. The van der Waals surface area contributed by atoms with Gasteiger partial charge in [-0.25, -0.2) is 5.48 Å². The van der Waals surface area contributed by atoms with Gasteiger partial charge in [-0.05, 0) is 19.4 Å². The van der Waals surface area contributed by atoms with Gasteiger partial charge in [-0.15, -0.1) is 0 Å². The summed E-state index contributed by atoms with van der Waals surface area (Å²) in [5, 5.41) is 13.1. The van der Waals surface area contributed by atoms with E-state index in [2.05, 4.69) is 27.0 Å². The molecular weight excluding hydrogens is 358 g/mol. The number of nitrogens with zero attached hydrogens (tertiary/aromatic N) is 4. The third kappa shape index (κ3) is 6.53. The van der Waals surface area contributed by atoms with Crippen LogP contribution < -0.4 is 5.48 Å². The maximum absolute atomic E-state index is 11.8. The van der Waals surface area contributed by atoms with Crippen molar-refractivity contribution in [3.05, 3.63) is 11.7 Å². The number of carbonyl (C=O) groups is 1. The van der Waals surface area contributed by atoms with E-state index in [4.69, 9.17) is 9.73 Å². The molecule has 0 spiro atoms. The number of hydroxylamine groups is 1. The van der Waals surface area contributed by atoms with Crippen LogP contribution in [0.1, 0.15) is 75.4 Å². The van der Waals surface area contributed by atoms with Gasteiger partial charge >= 0.3 is 0 Å². The van der Waals surface area contributed by atoms with Gasteiger partial charge in [-0.3, -0.25) is 14.9 Å². The van der Waals surface area contributed by atoms with Crippen molar-refractivity contribution in [1.82, 2.24) is 25.4 Å². The van der Waals surface area contributed by atoms with Gasteiger partial charge in [0.05, 0.1) is 6.54 Å². The third-order valence-corrected chi connectivity index (χ3v) is 6.24. The summed E-state index contributed by atoms with van der Waals surface area (Å²) in [4.78, 5) is 21.0. The molecule has 3 rings (SSSR count). The van der Waals surface area contributed by atoms with Crippen LogP contribution in [0.3, 0.4) is 0 Å². The lowest BCUT2D eigenvalue weighted by molar-refractivity contribution is -0.129. The lowest BCUT2D eigenvalue weighted by atomic mass is 9.84. The lowest BCUT2D eigenvalue weighted by Gasteiger charge is -2.31. The molecule has 158 valence electrons. The quantitative estimate of drug-likeness (QED) is 0.492. The average Bonchev–Trinajstić information content (AvgIpc) is 3.18. The van der Waals surface area contributed by atoms with Gasteiger partial charge in [0.2, 0.25) is 11.8 Å². The number of likely N-dealkylation sites (N-methyl/N-ethyl adjacent to an activating group) is 1. The standard InChI is InChI=1S/C20H35N5O3/c1-24-10-12-25(13-11-24)15-18-21-20(28-23-18)17(14-19(26)22-27)9-5-8-16-6-3-2-4-7-16/h16-17,27H,2-15H2,1H3,(H,22,26)/t17-/m1/s1. The predicted octanol–water partition coefficient (Wildman–Crippen LogP) is 2.55. The van der Waals surface area contributed by atoms with Crippen LogP contribution >= 0.6 is 0 Å². The largest absolute Gasteiger partial charge is 0.339 e. The highest BCUT2D eigenvalue weighted by molar-refractivity contribution is 5.75. The van der Waals surface area contributed by atoms with Gasteiger partial charge in [0.25, 0.3) is 0 Å². The van der Waals surface area contributed by atoms with E-state index in [0.29, 0.717) is 18.3 Å². The summed E-state index contributed by atoms with van der Waals surface area (Å²) in [6, 6.07) is 0. The second-order valence-corrected chi connectivity index (χ2v) is 8.50. The van der Waals surface area contributed by atoms with Crippen molar-refractivity contribution in [3.8, 4) is 0 Å². The first-order chi connectivity index (χ1) is 13.6. The molecule has 2 N–H and O–H groups in total. The van der Waals surface area contributed by atoms with Crippen molar-refractivity contribution in [2.45, 2.75) is 70.3 Å². The Bertz CT molecular complexity index is 594. The van der Waals surface area contributed by atoms with E-state index in [1.165, 1.54) is 38.5 Å². The van der Waals surface area contributed by atoms with Crippen molar-refractivity contribution >= 4 is 5.91 Å². The minimum atomic E-state index is -0.401. The van der Waals surface area contributed by atoms with E-state index >= 15 is 0 Å². The molecule has 1 aliphatic carbocycles. The second kappa shape index (κ2) is 10.9. The van der Waals surface area contributed by atoms with Crippen molar-refractivity contribution in [2.75, 3.05) is 33.2 Å². The monoisotopic (exact) mass is 393 g/mol. The molecule has 1 saturated heterocycles. The summed E-state index contributed by atoms with van der Waals surface area (Å²) in [5.74, 6) is 1.49. The van der Waals surface area contributed by atoms with E-state index < -0.39 is 5.91 Å². The molecule has 0 unspecified atom stereocenters. The Morgan fingerprint density at radius 3 is 2.71 bits per heavy atom. The molecule has 2 aliphatic rings. The Balaban J connectivity index is 1.53. The molecule has 1 aromatic heterocycles. The number of nitrogens with one attached hydrogen (secondary N) is 1. The lowest BCUT2D eigenvalue weighted by Crippen LogP contribution is -2.44. The van der Waals surface area contributed by atoms with Crippen LogP contribution in [0.4, 0.5) is 0 Å². The molecule has 2 fully saturated rings. The summed E-state index contributed by atoms with van der Waals surface area (Å²) in [7, 11) is 2.13. The summed E-state index contributed by atoms with van der Waals surface area (Å²) in [5.41, 5.74) is 1.74. The molecule has 28 heavy (non-hydrogen) atoms. The number of rotatable bonds is 9. The van der Waals surface area contributed by atoms with Crippen molar-refractivity contribution < 1.29 is 14.5 Å². The zero-order chi connectivity index (χ0) is 19.8. The van der Waals surface area contributed by atoms with Crippen LogP contribution in [-0.4, -0.2) is 64.3 Å². The Labute approximate surface area is 167 Å². The molecular formula is C20H35N5O3. The third-order valence-electron chi connectivity index (χ3n) is 6.24. The smallest absolute Gasteiger partial charge is 0.244 e. The highest BCUT2D eigenvalue weighted by Crippen LogP contribution is 2.31. The highest BCUT2D eigenvalue weighted by Gasteiger charge is 2.24.